The van der Waals surface area contributed by atoms with E-state index < -0.39 is 42.1 Å². The van der Waals surface area contributed by atoms with E-state index >= 15 is 0 Å². The van der Waals surface area contributed by atoms with Gasteiger partial charge in [0.1, 0.15) is 6.04 Å². The molecular formula is C24H26Cl3N3O6. The minimum Gasteiger partial charge on any atom is -0.480 e. The summed E-state index contributed by atoms with van der Waals surface area (Å²) in [6.45, 7) is -0.122. The van der Waals surface area contributed by atoms with E-state index in [2.05, 4.69) is 16.0 Å². The van der Waals surface area contributed by atoms with Gasteiger partial charge in [-0.15, -0.1) is 0 Å². The molecule has 9 nitrogen and oxygen atoms in total. The third kappa shape index (κ3) is 7.55. The lowest BCUT2D eigenvalue weighted by atomic mass is 10.00. The quantitative estimate of drug-likeness (QED) is 0.262. The summed E-state index contributed by atoms with van der Waals surface area (Å²) in [6.07, 6.45) is -0.468. The molecule has 6 N–H and O–H groups in total. The summed E-state index contributed by atoms with van der Waals surface area (Å²) in [5.74, 6) is -2.70. The summed E-state index contributed by atoms with van der Waals surface area (Å²) in [5.41, 5.74) is 1.19. The third-order valence-electron chi connectivity index (χ3n) is 5.78. The fourth-order valence-corrected chi connectivity index (χ4v) is 4.73. The molecule has 3 rings (SSSR count). The van der Waals surface area contributed by atoms with Crippen LogP contribution in [0.4, 0.5) is 0 Å². The SMILES string of the molecule is O=C(N[C@@H](CNC(=O)[C@H]1C[C@@H](O)CN1)C(=O)O)c1c(Cl)cc(C(O)CCc2cccc(Cl)c2)cc1Cl. The number of halogens is 3. The number of carboxylic acids is 1. The Morgan fingerprint density at radius 1 is 1.11 bits per heavy atom. The van der Waals surface area contributed by atoms with Crippen molar-refractivity contribution in [3.8, 4) is 0 Å². The Kier molecular flexibility index (Phi) is 9.95. The number of hydrogen-bond acceptors (Lipinski definition) is 6. The lowest BCUT2D eigenvalue weighted by Crippen LogP contribution is -2.51. The Balaban J connectivity index is 1.63. The van der Waals surface area contributed by atoms with Crippen LogP contribution < -0.4 is 16.0 Å². The van der Waals surface area contributed by atoms with E-state index in [1.807, 2.05) is 12.1 Å². The van der Waals surface area contributed by atoms with Crippen molar-refractivity contribution in [2.45, 2.75) is 43.6 Å². The Labute approximate surface area is 222 Å². The largest absolute Gasteiger partial charge is 0.480 e. The first-order valence-corrected chi connectivity index (χ1v) is 12.3. The number of carboxylic acid groups (broad SMARTS) is 1. The van der Waals surface area contributed by atoms with E-state index in [0.29, 0.717) is 23.4 Å². The second-order valence-electron chi connectivity index (χ2n) is 8.50. The zero-order valence-electron chi connectivity index (χ0n) is 19.0. The maximum Gasteiger partial charge on any atom is 0.328 e. The molecule has 2 aromatic carbocycles. The second kappa shape index (κ2) is 12.7. The Bertz CT molecular complexity index is 1110. The molecule has 2 aromatic rings. The first-order valence-electron chi connectivity index (χ1n) is 11.2. The number of carbonyl (C=O) groups is 3. The summed E-state index contributed by atoms with van der Waals surface area (Å²) < 4.78 is 0. The van der Waals surface area contributed by atoms with Crippen LogP contribution in [0.25, 0.3) is 0 Å². The molecule has 0 radical (unpaired) electrons. The van der Waals surface area contributed by atoms with Crippen LogP contribution in [0, 0.1) is 0 Å². The topological polar surface area (TPSA) is 148 Å². The highest BCUT2D eigenvalue weighted by molar-refractivity contribution is 6.39. The predicted molar refractivity (Wildman–Crippen MR) is 136 cm³/mol. The molecule has 2 amide bonds. The van der Waals surface area contributed by atoms with E-state index in [0.717, 1.165) is 5.56 Å². The lowest BCUT2D eigenvalue weighted by Gasteiger charge is -2.19. The highest BCUT2D eigenvalue weighted by Crippen LogP contribution is 2.31. The number of hydrogen-bond donors (Lipinski definition) is 6. The van der Waals surface area contributed by atoms with Gasteiger partial charge in [-0.25, -0.2) is 4.79 Å². The molecular weight excluding hydrogens is 533 g/mol. The molecule has 0 bridgehead atoms. The summed E-state index contributed by atoms with van der Waals surface area (Å²) in [5, 5.41) is 37.6. The normalized spacial score (nSPS) is 18.9. The van der Waals surface area contributed by atoms with Crippen LogP contribution in [0.1, 0.15) is 40.4 Å². The van der Waals surface area contributed by atoms with E-state index in [4.69, 9.17) is 34.8 Å². The number of amides is 2. The van der Waals surface area contributed by atoms with Gasteiger partial charge in [0.2, 0.25) is 5.91 Å². The third-order valence-corrected chi connectivity index (χ3v) is 6.61. The van der Waals surface area contributed by atoms with Crippen molar-refractivity contribution < 1.29 is 29.7 Å². The molecule has 0 spiro atoms. The molecule has 36 heavy (non-hydrogen) atoms. The number of carbonyl (C=O) groups excluding carboxylic acids is 2. The summed E-state index contributed by atoms with van der Waals surface area (Å²) >= 11 is 18.5. The molecule has 1 saturated heterocycles. The van der Waals surface area contributed by atoms with Gasteiger partial charge in [0.15, 0.2) is 0 Å². The van der Waals surface area contributed by atoms with E-state index in [-0.39, 0.29) is 35.1 Å². The van der Waals surface area contributed by atoms with Gasteiger partial charge in [-0.05, 0) is 54.7 Å². The Morgan fingerprint density at radius 3 is 2.39 bits per heavy atom. The van der Waals surface area contributed by atoms with Crippen molar-refractivity contribution in [1.29, 1.82) is 0 Å². The molecule has 12 heteroatoms. The fourth-order valence-electron chi connectivity index (χ4n) is 3.84. The van der Waals surface area contributed by atoms with Crippen LogP contribution in [0.3, 0.4) is 0 Å². The van der Waals surface area contributed by atoms with Gasteiger partial charge in [-0.1, -0.05) is 46.9 Å². The molecule has 0 saturated carbocycles. The first-order chi connectivity index (χ1) is 17.0. The van der Waals surface area contributed by atoms with Gasteiger partial charge in [-0.2, -0.15) is 0 Å². The number of nitrogens with one attached hydrogen (secondary N) is 3. The van der Waals surface area contributed by atoms with Crippen molar-refractivity contribution in [1.82, 2.24) is 16.0 Å². The van der Waals surface area contributed by atoms with E-state index in [9.17, 15) is 29.7 Å². The minimum absolute atomic E-state index is 0.0610. The van der Waals surface area contributed by atoms with Gasteiger partial charge in [0.05, 0.1) is 33.9 Å². The molecule has 1 heterocycles. The molecule has 4 atom stereocenters. The summed E-state index contributed by atoms with van der Waals surface area (Å²) in [4.78, 5) is 36.6. The predicted octanol–water partition coefficient (Wildman–Crippen LogP) is 2.34. The molecule has 1 aliphatic rings. The van der Waals surface area contributed by atoms with Crippen LogP contribution in [-0.2, 0) is 16.0 Å². The van der Waals surface area contributed by atoms with Gasteiger partial charge < -0.3 is 31.3 Å². The molecule has 194 valence electrons. The standard InChI is InChI=1S/C24H26Cl3N3O6/c25-14-3-1-2-12(6-14)4-5-20(32)13-7-16(26)21(17(27)8-13)23(34)30-19(24(35)36)11-29-22(33)18-9-15(31)10-28-18/h1-3,6-8,15,18-20,28,31-32H,4-5,9-11H2,(H,29,33)(H,30,34)(H,35,36)/t15-,18-,19+,20?/m1/s1. The van der Waals surface area contributed by atoms with Crippen molar-refractivity contribution in [3.63, 3.8) is 0 Å². The summed E-state index contributed by atoms with van der Waals surface area (Å²) in [6, 6.07) is 7.97. The van der Waals surface area contributed by atoms with Crippen LogP contribution in [0.5, 0.6) is 0 Å². The number of aliphatic hydroxyl groups is 2. The zero-order valence-corrected chi connectivity index (χ0v) is 21.3. The van der Waals surface area contributed by atoms with Gasteiger partial charge >= 0.3 is 5.97 Å². The number of benzene rings is 2. The minimum atomic E-state index is -1.46. The van der Waals surface area contributed by atoms with Crippen LogP contribution in [-0.4, -0.2) is 64.4 Å². The van der Waals surface area contributed by atoms with Gasteiger partial charge in [0, 0.05) is 18.1 Å². The Hall–Kier alpha value is -2.40. The monoisotopic (exact) mass is 557 g/mol. The fraction of sp³-hybridized carbons (Fsp3) is 0.375. The number of aliphatic hydroxyl groups excluding tert-OH is 2. The second-order valence-corrected chi connectivity index (χ2v) is 9.75. The highest BCUT2D eigenvalue weighted by Gasteiger charge is 2.30. The number of aliphatic carboxylic acids is 1. The van der Waals surface area contributed by atoms with Crippen molar-refractivity contribution in [2.75, 3.05) is 13.1 Å². The van der Waals surface area contributed by atoms with Crippen molar-refractivity contribution >= 4 is 52.6 Å². The van der Waals surface area contributed by atoms with Gasteiger partial charge in [-0.3, -0.25) is 9.59 Å². The maximum absolute atomic E-state index is 12.8. The number of β-amino-alcohol motifs (C(OH)–C–C–N with tert-alkyl or cyclic N) is 1. The number of rotatable bonds is 10. The average molecular weight is 559 g/mol. The molecule has 0 aliphatic carbocycles. The molecule has 1 unspecified atom stereocenters. The van der Waals surface area contributed by atoms with E-state index in [1.165, 1.54) is 12.1 Å². The first kappa shape index (κ1) is 28.2. The van der Waals surface area contributed by atoms with Crippen molar-refractivity contribution in [2.24, 2.45) is 0 Å². The average Bonchev–Trinajstić information content (AvgIpc) is 3.25. The maximum atomic E-state index is 12.8. The van der Waals surface area contributed by atoms with Crippen LogP contribution in [0.15, 0.2) is 36.4 Å². The number of aryl methyl sites for hydroxylation is 1. The van der Waals surface area contributed by atoms with Crippen LogP contribution in [0.2, 0.25) is 15.1 Å². The van der Waals surface area contributed by atoms with E-state index in [1.54, 1.807) is 12.1 Å². The molecule has 1 aliphatic heterocycles. The summed E-state index contributed by atoms with van der Waals surface area (Å²) in [7, 11) is 0. The van der Waals surface area contributed by atoms with Crippen LogP contribution >= 0.6 is 34.8 Å². The molecule has 0 aromatic heterocycles. The highest BCUT2D eigenvalue weighted by atomic mass is 35.5. The smallest absolute Gasteiger partial charge is 0.328 e. The lowest BCUT2D eigenvalue weighted by molar-refractivity contribution is -0.139. The van der Waals surface area contributed by atoms with Gasteiger partial charge in [0.25, 0.3) is 5.91 Å². The molecule has 1 fully saturated rings. The Morgan fingerprint density at radius 2 is 1.81 bits per heavy atom. The van der Waals surface area contributed by atoms with Crippen molar-refractivity contribution in [3.05, 3.63) is 68.2 Å². The zero-order chi connectivity index (χ0) is 26.4.